The lowest BCUT2D eigenvalue weighted by atomic mass is 9.89. The highest BCUT2D eigenvalue weighted by molar-refractivity contribution is 8.04. The number of para-hydroxylation sites is 1. The lowest BCUT2D eigenvalue weighted by molar-refractivity contribution is 0.386. The standard InChI is InChI=1S/C41H31N3S/c1-3-12-27(13-4-1)37-33-19-11-18-30(36(33)31-16-7-9-20-34(31)42-37)26-22-24-29(25-23-26)41-43-38(28-14-5-2-6-15-28)40-39(44-41)32-17-8-10-21-35(32)45-40/h1-25,32,35,39,41,43-44H. The molecule has 216 valence electrons. The average Bonchev–Trinajstić information content (AvgIpc) is 3.50. The van der Waals surface area contributed by atoms with Crippen LogP contribution in [-0.2, 0) is 0 Å². The number of nitrogens with zero attached hydrogens (tertiary/aromatic N) is 1. The quantitative estimate of drug-likeness (QED) is 0.199. The van der Waals surface area contributed by atoms with Crippen LogP contribution in [0.15, 0.2) is 157 Å². The number of thioether (sulfide) groups is 1. The minimum atomic E-state index is 0.00360. The van der Waals surface area contributed by atoms with Gasteiger partial charge in [0.2, 0.25) is 0 Å². The molecule has 1 fully saturated rings. The molecule has 2 N–H and O–H groups in total. The summed E-state index contributed by atoms with van der Waals surface area (Å²) in [6.07, 6.45) is 9.12. The maximum absolute atomic E-state index is 5.14. The fourth-order valence-electron chi connectivity index (χ4n) is 7.18. The van der Waals surface area contributed by atoms with Gasteiger partial charge in [0.1, 0.15) is 6.17 Å². The molecular weight excluding hydrogens is 567 g/mol. The number of nitrogens with one attached hydrogen (secondary N) is 2. The molecule has 0 amide bonds. The number of rotatable bonds is 4. The summed E-state index contributed by atoms with van der Waals surface area (Å²) in [5.74, 6) is 0.439. The van der Waals surface area contributed by atoms with E-state index < -0.39 is 0 Å². The van der Waals surface area contributed by atoms with E-state index in [9.17, 15) is 0 Å². The molecule has 1 aromatic heterocycles. The molecule has 3 nitrogen and oxygen atoms in total. The number of pyridine rings is 1. The number of fused-ring (bicyclic) bond motifs is 6. The molecule has 3 aliphatic rings. The number of hydrogen-bond donors (Lipinski definition) is 2. The molecule has 6 aromatic rings. The zero-order valence-corrected chi connectivity index (χ0v) is 25.4. The van der Waals surface area contributed by atoms with E-state index in [1.54, 1.807) is 0 Å². The number of benzene rings is 5. The van der Waals surface area contributed by atoms with Gasteiger partial charge in [-0.15, -0.1) is 11.8 Å². The summed E-state index contributed by atoms with van der Waals surface area (Å²) in [7, 11) is 0. The lowest BCUT2D eigenvalue weighted by Crippen LogP contribution is -2.47. The van der Waals surface area contributed by atoms with Crippen molar-refractivity contribution in [2.45, 2.75) is 17.5 Å². The third kappa shape index (κ3) is 4.52. The first-order chi connectivity index (χ1) is 22.3. The Balaban J connectivity index is 1.13. The van der Waals surface area contributed by atoms with Crippen molar-refractivity contribution in [2.24, 2.45) is 5.92 Å². The first-order valence-corrected chi connectivity index (χ1v) is 16.5. The molecule has 2 aliphatic heterocycles. The van der Waals surface area contributed by atoms with Crippen molar-refractivity contribution >= 4 is 39.1 Å². The number of hydrogen-bond acceptors (Lipinski definition) is 4. The molecule has 0 saturated carbocycles. The van der Waals surface area contributed by atoms with Crippen molar-refractivity contribution < 1.29 is 0 Å². The van der Waals surface area contributed by atoms with Gasteiger partial charge in [0.15, 0.2) is 0 Å². The third-order valence-electron chi connectivity index (χ3n) is 9.33. The fourth-order valence-corrected chi connectivity index (χ4v) is 8.71. The predicted octanol–water partition coefficient (Wildman–Crippen LogP) is 9.51. The molecule has 45 heavy (non-hydrogen) atoms. The Hall–Kier alpha value is -4.90. The Morgan fingerprint density at radius 1 is 0.600 bits per heavy atom. The lowest BCUT2D eigenvalue weighted by Gasteiger charge is -2.35. The predicted molar refractivity (Wildman–Crippen MR) is 189 cm³/mol. The molecule has 0 bridgehead atoms. The molecule has 1 saturated heterocycles. The normalized spacial score (nSPS) is 22.0. The van der Waals surface area contributed by atoms with Crippen molar-refractivity contribution in [1.82, 2.24) is 15.6 Å². The van der Waals surface area contributed by atoms with E-state index in [2.05, 4.69) is 162 Å². The third-order valence-corrected chi connectivity index (χ3v) is 10.8. The van der Waals surface area contributed by atoms with E-state index in [1.807, 2.05) is 11.8 Å². The van der Waals surface area contributed by atoms with Gasteiger partial charge in [0, 0.05) is 43.8 Å². The van der Waals surface area contributed by atoms with Gasteiger partial charge < -0.3 is 5.32 Å². The van der Waals surface area contributed by atoms with Gasteiger partial charge in [-0.25, -0.2) is 4.98 Å². The second kappa shape index (κ2) is 10.9. The van der Waals surface area contributed by atoms with Gasteiger partial charge in [-0.3, -0.25) is 5.32 Å². The molecule has 4 heteroatoms. The van der Waals surface area contributed by atoms with E-state index in [4.69, 9.17) is 4.98 Å². The van der Waals surface area contributed by atoms with E-state index in [0.29, 0.717) is 11.2 Å². The van der Waals surface area contributed by atoms with Crippen molar-refractivity contribution in [3.8, 4) is 22.4 Å². The molecule has 0 radical (unpaired) electrons. The van der Waals surface area contributed by atoms with Crippen LogP contribution in [0.25, 0.3) is 49.8 Å². The van der Waals surface area contributed by atoms with E-state index >= 15 is 0 Å². The second-order valence-corrected chi connectivity index (χ2v) is 13.2. The van der Waals surface area contributed by atoms with Gasteiger partial charge in [-0.05, 0) is 28.3 Å². The molecule has 0 spiro atoms. The molecular formula is C41H31N3S. The molecule has 9 rings (SSSR count). The van der Waals surface area contributed by atoms with Crippen molar-refractivity contribution in [3.05, 3.63) is 168 Å². The first-order valence-electron chi connectivity index (χ1n) is 15.6. The van der Waals surface area contributed by atoms with E-state index in [0.717, 1.165) is 16.8 Å². The largest absolute Gasteiger partial charge is 0.365 e. The van der Waals surface area contributed by atoms with Gasteiger partial charge in [0.05, 0.1) is 16.9 Å². The maximum atomic E-state index is 5.14. The van der Waals surface area contributed by atoms with Crippen LogP contribution in [0.3, 0.4) is 0 Å². The van der Waals surface area contributed by atoms with Crippen LogP contribution in [-0.4, -0.2) is 16.3 Å². The zero-order chi connectivity index (χ0) is 29.7. The summed E-state index contributed by atoms with van der Waals surface area (Å²) in [6, 6.07) is 45.8. The first kappa shape index (κ1) is 26.5. The summed E-state index contributed by atoms with van der Waals surface area (Å²) in [5, 5.41) is 11.9. The molecule has 3 heterocycles. The molecule has 4 unspecified atom stereocenters. The van der Waals surface area contributed by atoms with Gasteiger partial charge in [-0.2, -0.15) is 0 Å². The smallest absolute Gasteiger partial charge is 0.104 e. The summed E-state index contributed by atoms with van der Waals surface area (Å²) in [5.41, 5.74) is 9.31. The van der Waals surface area contributed by atoms with Crippen LogP contribution < -0.4 is 10.6 Å². The topological polar surface area (TPSA) is 37.0 Å². The Morgan fingerprint density at radius 3 is 2.13 bits per heavy atom. The Labute approximate surface area is 267 Å². The van der Waals surface area contributed by atoms with E-state index in [1.165, 1.54) is 49.0 Å². The second-order valence-electron chi connectivity index (χ2n) is 12.0. The maximum Gasteiger partial charge on any atom is 0.104 e. The summed E-state index contributed by atoms with van der Waals surface area (Å²) < 4.78 is 0. The van der Waals surface area contributed by atoms with Gasteiger partial charge in [0.25, 0.3) is 0 Å². The highest BCUT2D eigenvalue weighted by Gasteiger charge is 2.44. The van der Waals surface area contributed by atoms with Crippen LogP contribution in [0.5, 0.6) is 0 Å². The van der Waals surface area contributed by atoms with Crippen LogP contribution in [0.4, 0.5) is 0 Å². The number of allylic oxidation sites excluding steroid dienone is 2. The van der Waals surface area contributed by atoms with Crippen molar-refractivity contribution in [2.75, 3.05) is 0 Å². The Morgan fingerprint density at radius 2 is 1.31 bits per heavy atom. The average molecular weight is 598 g/mol. The molecule has 1 aliphatic carbocycles. The summed E-state index contributed by atoms with van der Waals surface area (Å²) in [4.78, 5) is 6.55. The van der Waals surface area contributed by atoms with E-state index in [-0.39, 0.29) is 12.2 Å². The highest BCUT2D eigenvalue weighted by atomic mass is 32.2. The fraction of sp³-hybridized carbons (Fsp3) is 0.0976. The minimum absolute atomic E-state index is 0.00360. The van der Waals surface area contributed by atoms with Crippen molar-refractivity contribution in [1.29, 1.82) is 0 Å². The molecule has 4 atom stereocenters. The Kier molecular flexibility index (Phi) is 6.43. The van der Waals surface area contributed by atoms with Crippen LogP contribution in [0.1, 0.15) is 17.3 Å². The minimum Gasteiger partial charge on any atom is -0.365 e. The highest BCUT2D eigenvalue weighted by Crippen LogP contribution is 2.49. The monoisotopic (exact) mass is 597 g/mol. The summed E-state index contributed by atoms with van der Waals surface area (Å²) in [6.45, 7) is 0. The molecule has 5 aromatic carbocycles. The number of aromatic nitrogens is 1. The Bertz CT molecular complexity index is 2150. The SMILES string of the molecule is C1=CC2SC3=C(c4ccccc4)NC(c4ccc(-c5cccc6c(-c7ccccc7)nc7ccccc7c56)cc4)NC3C2C=C1. The van der Waals surface area contributed by atoms with Crippen LogP contribution in [0.2, 0.25) is 0 Å². The summed E-state index contributed by atoms with van der Waals surface area (Å²) >= 11 is 1.99. The van der Waals surface area contributed by atoms with Gasteiger partial charge in [-0.1, -0.05) is 146 Å². The zero-order valence-electron chi connectivity index (χ0n) is 24.6. The van der Waals surface area contributed by atoms with Crippen molar-refractivity contribution in [3.63, 3.8) is 0 Å². The van der Waals surface area contributed by atoms with Crippen LogP contribution in [0, 0.1) is 5.92 Å². The van der Waals surface area contributed by atoms with Gasteiger partial charge >= 0.3 is 0 Å². The van der Waals surface area contributed by atoms with Crippen LogP contribution >= 0.6 is 11.8 Å².